The van der Waals surface area contributed by atoms with Crippen molar-refractivity contribution in [2.45, 2.75) is 39.5 Å². The summed E-state index contributed by atoms with van der Waals surface area (Å²) < 4.78 is 0. The Kier molecular flexibility index (Phi) is 7.43. The molecule has 0 aromatic heterocycles. The number of hydrazone groups is 1. The molecule has 4 heteroatoms. The Balaban J connectivity index is 2.00. The molecule has 0 amide bonds. The third kappa shape index (κ3) is 6.13. The molecule has 24 heavy (non-hydrogen) atoms. The predicted molar refractivity (Wildman–Crippen MR) is 108 cm³/mol. The summed E-state index contributed by atoms with van der Waals surface area (Å²) in [5.74, 6) is 0. The van der Waals surface area contributed by atoms with Gasteiger partial charge in [-0.1, -0.05) is 67.8 Å². The first kappa shape index (κ1) is 18.1. The highest BCUT2D eigenvalue weighted by Gasteiger charge is 2.04. The Labute approximate surface area is 150 Å². The topological polar surface area (TPSA) is 36.4 Å². The summed E-state index contributed by atoms with van der Waals surface area (Å²) in [6.07, 6.45) is 4.48. The molecule has 0 unspecified atom stereocenters. The van der Waals surface area contributed by atoms with Crippen LogP contribution < -0.4 is 10.7 Å². The van der Waals surface area contributed by atoms with Crippen LogP contribution in [-0.4, -0.2) is 10.8 Å². The molecule has 0 radical (unpaired) electrons. The minimum Gasteiger partial charge on any atom is -0.331 e. The second kappa shape index (κ2) is 9.83. The number of thiocarbonyl (C=S) groups is 1. The number of nitrogens with zero attached hydrogens (tertiary/aromatic N) is 1. The van der Waals surface area contributed by atoms with Crippen molar-refractivity contribution in [2.24, 2.45) is 5.10 Å². The summed E-state index contributed by atoms with van der Waals surface area (Å²) in [6.45, 7) is 4.27. The van der Waals surface area contributed by atoms with Crippen LogP contribution in [0.2, 0.25) is 0 Å². The minimum absolute atomic E-state index is 0.503. The number of hydrogen-bond acceptors (Lipinski definition) is 2. The number of anilines is 1. The highest BCUT2D eigenvalue weighted by Crippen LogP contribution is 2.10. The minimum atomic E-state index is 0.503. The average Bonchev–Trinajstić information content (AvgIpc) is 2.61. The van der Waals surface area contributed by atoms with Gasteiger partial charge in [-0.2, -0.15) is 5.10 Å². The number of aryl methyl sites for hydroxylation is 1. The molecular weight excluding hydrogens is 314 g/mol. The van der Waals surface area contributed by atoms with Gasteiger partial charge in [0.1, 0.15) is 0 Å². The lowest BCUT2D eigenvalue weighted by molar-refractivity contribution is 0.739. The Hall–Kier alpha value is -2.20. The molecule has 2 rings (SSSR count). The zero-order chi connectivity index (χ0) is 17.2. The normalized spacial score (nSPS) is 11.2. The maximum absolute atomic E-state index is 5.34. The van der Waals surface area contributed by atoms with Crippen molar-refractivity contribution in [3.8, 4) is 0 Å². The fourth-order valence-electron chi connectivity index (χ4n) is 2.35. The molecule has 2 aromatic carbocycles. The fourth-order valence-corrected chi connectivity index (χ4v) is 2.52. The summed E-state index contributed by atoms with van der Waals surface area (Å²) in [6, 6.07) is 18.4. The first-order chi connectivity index (χ1) is 11.7. The highest BCUT2D eigenvalue weighted by molar-refractivity contribution is 7.80. The van der Waals surface area contributed by atoms with E-state index in [2.05, 4.69) is 41.8 Å². The molecule has 0 atom stereocenters. The van der Waals surface area contributed by atoms with Gasteiger partial charge in [-0.25, -0.2) is 0 Å². The number of unbranched alkanes of at least 4 members (excludes halogenated alkanes) is 2. The molecular formula is C20H25N3S. The van der Waals surface area contributed by atoms with E-state index in [0.29, 0.717) is 5.11 Å². The number of benzene rings is 2. The first-order valence-corrected chi connectivity index (χ1v) is 8.85. The van der Waals surface area contributed by atoms with E-state index in [-0.39, 0.29) is 0 Å². The quantitative estimate of drug-likeness (QED) is 0.312. The van der Waals surface area contributed by atoms with Crippen molar-refractivity contribution in [1.82, 2.24) is 5.43 Å². The van der Waals surface area contributed by atoms with E-state index < -0.39 is 0 Å². The summed E-state index contributed by atoms with van der Waals surface area (Å²) >= 11 is 5.34. The van der Waals surface area contributed by atoms with Crippen molar-refractivity contribution < 1.29 is 0 Å². The molecule has 3 nitrogen and oxygen atoms in total. The van der Waals surface area contributed by atoms with Crippen LogP contribution in [0.15, 0.2) is 59.7 Å². The lowest BCUT2D eigenvalue weighted by Crippen LogP contribution is -2.25. The molecule has 0 fully saturated rings. The van der Waals surface area contributed by atoms with Crippen LogP contribution in [0.4, 0.5) is 5.69 Å². The van der Waals surface area contributed by atoms with Crippen molar-refractivity contribution in [3.05, 3.63) is 65.7 Å². The van der Waals surface area contributed by atoms with Crippen LogP contribution in [0.1, 0.15) is 43.7 Å². The number of rotatable bonds is 7. The lowest BCUT2D eigenvalue weighted by atomic mass is 10.0. The average molecular weight is 340 g/mol. The smallest absolute Gasteiger partial charge is 0.191 e. The summed E-state index contributed by atoms with van der Waals surface area (Å²) in [4.78, 5) is 0. The fraction of sp³-hybridized carbons (Fsp3) is 0.300. The third-order valence-electron chi connectivity index (χ3n) is 3.73. The van der Waals surface area contributed by atoms with Crippen molar-refractivity contribution >= 4 is 28.7 Å². The Bertz CT molecular complexity index is 663. The molecule has 2 N–H and O–H groups in total. The Morgan fingerprint density at radius 3 is 2.38 bits per heavy atom. The first-order valence-electron chi connectivity index (χ1n) is 8.44. The van der Waals surface area contributed by atoms with Gasteiger partial charge < -0.3 is 5.32 Å². The second-order valence-corrected chi connectivity index (χ2v) is 6.22. The largest absolute Gasteiger partial charge is 0.331 e. The van der Waals surface area contributed by atoms with Crippen molar-refractivity contribution in [2.75, 3.05) is 5.32 Å². The zero-order valence-electron chi connectivity index (χ0n) is 14.4. The maximum atomic E-state index is 5.34. The van der Waals surface area contributed by atoms with Gasteiger partial charge in [0.05, 0.1) is 5.71 Å². The molecule has 0 bridgehead atoms. The molecule has 0 heterocycles. The summed E-state index contributed by atoms with van der Waals surface area (Å²) in [5.41, 5.74) is 7.34. The van der Waals surface area contributed by atoms with Gasteiger partial charge in [0, 0.05) is 5.69 Å². The van der Waals surface area contributed by atoms with E-state index in [4.69, 9.17) is 12.2 Å². The molecule has 0 spiro atoms. The zero-order valence-corrected chi connectivity index (χ0v) is 15.2. The van der Waals surface area contributed by atoms with Crippen LogP contribution in [0.3, 0.4) is 0 Å². The summed E-state index contributed by atoms with van der Waals surface area (Å²) in [7, 11) is 0. The molecule has 0 aliphatic rings. The Morgan fingerprint density at radius 2 is 1.71 bits per heavy atom. The molecule has 0 aliphatic heterocycles. The van der Waals surface area contributed by atoms with E-state index in [1.165, 1.54) is 18.4 Å². The van der Waals surface area contributed by atoms with E-state index in [1.54, 1.807) is 0 Å². The van der Waals surface area contributed by atoms with Gasteiger partial charge in [0.15, 0.2) is 5.11 Å². The van der Waals surface area contributed by atoms with Gasteiger partial charge in [0.2, 0.25) is 0 Å². The monoisotopic (exact) mass is 339 g/mol. The van der Waals surface area contributed by atoms with Crippen LogP contribution >= 0.6 is 12.2 Å². The van der Waals surface area contributed by atoms with Crippen molar-refractivity contribution in [1.29, 1.82) is 0 Å². The molecule has 2 aromatic rings. The lowest BCUT2D eigenvalue weighted by Gasteiger charge is -2.10. The standard InChI is InChI=1S/C20H25N3S/c1-3-4-6-11-19(17-9-7-5-8-10-17)22-23-20(24)21-18-14-12-16(2)13-15-18/h5,7-10,12-15H,3-4,6,11H2,1-2H3,(H2,21,23,24). The van der Waals surface area contributed by atoms with Gasteiger partial charge in [-0.05, 0) is 49.7 Å². The van der Waals surface area contributed by atoms with Crippen LogP contribution in [0.5, 0.6) is 0 Å². The van der Waals surface area contributed by atoms with Crippen molar-refractivity contribution in [3.63, 3.8) is 0 Å². The van der Waals surface area contributed by atoms with E-state index in [0.717, 1.165) is 29.8 Å². The van der Waals surface area contributed by atoms with Crippen LogP contribution in [-0.2, 0) is 0 Å². The SMILES string of the molecule is CCCCCC(=NNC(=S)Nc1ccc(C)cc1)c1ccccc1. The van der Waals surface area contributed by atoms with Crippen LogP contribution in [0.25, 0.3) is 0 Å². The summed E-state index contributed by atoms with van der Waals surface area (Å²) in [5, 5.41) is 8.20. The molecule has 0 saturated heterocycles. The molecule has 0 saturated carbocycles. The van der Waals surface area contributed by atoms with Crippen LogP contribution in [0, 0.1) is 6.92 Å². The Morgan fingerprint density at radius 1 is 1.00 bits per heavy atom. The maximum Gasteiger partial charge on any atom is 0.191 e. The van der Waals surface area contributed by atoms with Gasteiger partial charge in [-0.3, -0.25) is 5.43 Å². The highest BCUT2D eigenvalue weighted by atomic mass is 32.1. The van der Waals surface area contributed by atoms with E-state index in [1.807, 2.05) is 42.5 Å². The predicted octanol–water partition coefficient (Wildman–Crippen LogP) is 5.27. The third-order valence-corrected chi connectivity index (χ3v) is 3.92. The van der Waals surface area contributed by atoms with E-state index >= 15 is 0 Å². The number of hydrogen-bond donors (Lipinski definition) is 2. The molecule has 0 aliphatic carbocycles. The van der Waals surface area contributed by atoms with Gasteiger partial charge >= 0.3 is 0 Å². The van der Waals surface area contributed by atoms with Gasteiger partial charge in [0.25, 0.3) is 0 Å². The van der Waals surface area contributed by atoms with E-state index in [9.17, 15) is 0 Å². The van der Waals surface area contributed by atoms with Gasteiger partial charge in [-0.15, -0.1) is 0 Å². The molecule has 126 valence electrons. The number of nitrogens with one attached hydrogen (secondary N) is 2. The second-order valence-electron chi connectivity index (χ2n) is 5.81.